The molecule has 0 saturated heterocycles. The lowest BCUT2D eigenvalue weighted by atomic mass is 10.2. The van der Waals surface area contributed by atoms with E-state index in [-0.39, 0.29) is 5.56 Å². The number of carboxylic acids is 1. The summed E-state index contributed by atoms with van der Waals surface area (Å²) in [4.78, 5) is 14.8. The summed E-state index contributed by atoms with van der Waals surface area (Å²) in [6.07, 6.45) is 0. The molecule has 1 N–H and O–H groups in total. The number of fused-ring (bicyclic) bond motifs is 1. The molecule has 72 valence electrons. The topological polar surface area (TPSA) is 63.3 Å². The van der Waals surface area contributed by atoms with Crippen molar-refractivity contribution >= 4 is 33.0 Å². The second-order valence-electron chi connectivity index (χ2n) is 2.73. The number of benzene rings is 1. The third kappa shape index (κ3) is 1.50. The standard InChI is InChI=1S/C9H6BrNO3/c10-4-8-11-6-2-1-5(9(12)13)3-7(6)14-8/h1-3H,4H2,(H,12,13). The molecule has 14 heavy (non-hydrogen) atoms. The van der Waals surface area contributed by atoms with Crippen LogP contribution in [0.3, 0.4) is 0 Å². The smallest absolute Gasteiger partial charge is 0.335 e. The van der Waals surface area contributed by atoms with E-state index in [0.29, 0.717) is 22.3 Å². The minimum Gasteiger partial charge on any atom is -0.478 e. The van der Waals surface area contributed by atoms with Crippen molar-refractivity contribution in [1.82, 2.24) is 4.98 Å². The molecular weight excluding hydrogens is 250 g/mol. The van der Waals surface area contributed by atoms with E-state index in [9.17, 15) is 4.79 Å². The lowest BCUT2D eigenvalue weighted by molar-refractivity contribution is 0.0697. The average molecular weight is 256 g/mol. The molecule has 0 bridgehead atoms. The van der Waals surface area contributed by atoms with E-state index < -0.39 is 5.97 Å². The lowest BCUT2D eigenvalue weighted by Gasteiger charge is -1.91. The SMILES string of the molecule is O=C(O)c1ccc2nc(CBr)oc2c1. The third-order valence-electron chi connectivity index (χ3n) is 1.79. The molecule has 0 radical (unpaired) electrons. The second-order valence-corrected chi connectivity index (χ2v) is 3.29. The zero-order chi connectivity index (χ0) is 10.1. The van der Waals surface area contributed by atoms with E-state index in [4.69, 9.17) is 9.52 Å². The molecule has 1 aromatic heterocycles. The first-order chi connectivity index (χ1) is 6.70. The fourth-order valence-corrected chi connectivity index (χ4v) is 1.40. The highest BCUT2D eigenvalue weighted by molar-refractivity contribution is 9.08. The molecule has 0 aliphatic rings. The summed E-state index contributed by atoms with van der Waals surface area (Å²) in [6.45, 7) is 0. The van der Waals surface area contributed by atoms with Crippen LogP contribution >= 0.6 is 15.9 Å². The van der Waals surface area contributed by atoms with Crippen molar-refractivity contribution in [3.63, 3.8) is 0 Å². The van der Waals surface area contributed by atoms with Crippen molar-refractivity contribution in [1.29, 1.82) is 0 Å². The molecule has 0 aliphatic carbocycles. The van der Waals surface area contributed by atoms with Gasteiger partial charge in [0.25, 0.3) is 0 Å². The highest BCUT2D eigenvalue weighted by Crippen LogP contribution is 2.18. The number of hydrogen-bond donors (Lipinski definition) is 1. The number of aromatic carboxylic acids is 1. The molecule has 0 aliphatic heterocycles. The normalized spacial score (nSPS) is 10.6. The van der Waals surface area contributed by atoms with Crippen molar-refractivity contribution in [2.75, 3.05) is 0 Å². The third-order valence-corrected chi connectivity index (χ3v) is 2.27. The van der Waals surface area contributed by atoms with Gasteiger partial charge < -0.3 is 9.52 Å². The fourth-order valence-electron chi connectivity index (χ4n) is 1.16. The van der Waals surface area contributed by atoms with Crippen LogP contribution in [0.1, 0.15) is 16.2 Å². The predicted molar refractivity (Wildman–Crippen MR) is 53.6 cm³/mol. The van der Waals surface area contributed by atoms with Gasteiger partial charge in [0.2, 0.25) is 5.89 Å². The second kappa shape index (κ2) is 3.42. The first-order valence-corrected chi connectivity index (χ1v) is 5.01. The number of halogens is 1. The maximum atomic E-state index is 10.6. The van der Waals surface area contributed by atoms with Gasteiger partial charge in [0.1, 0.15) is 5.52 Å². The van der Waals surface area contributed by atoms with Crippen LogP contribution in [0.5, 0.6) is 0 Å². The summed E-state index contributed by atoms with van der Waals surface area (Å²) in [5, 5.41) is 9.25. The molecule has 0 saturated carbocycles. The van der Waals surface area contributed by atoms with Crippen molar-refractivity contribution in [2.24, 2.45) is 0 Å². The Labute approximate surface area is 87.7 Å². The number of nitrogens with zero attached hydrogens (tertiary/aromatic N) is 1. The molecule has 0 atom stereocenters. The molecule has 2 aromatic rings. The van der Waals surface area contributed by atoms with Gasteiger partial charge in [0, 0.05) is 0 Å². The van der Waals surface area contributed by atoms with Crippen LogP contribution in [-0.4, -0.2) is 16.1 Å². The molecular formula is C9H6BrNO3. The molecule has 0 amide bonds. The van der Waals surface area contributed by atoms with Crippen LogP contribution in [0.2, 0.25) is 0 Å². The molecule has 1 heterocycles. The van der Waals surface area contributed by atoms with Gasteiger partial charge in [-0.3, -0.25) is 0 Å². The van der Waals surface area contributed by atoms with Crippen molar-refractivity contribution in [3.05, 3.63) is 29.7 Å². The first-order valence-electron chi connectivity index (χ1n) is 3.89. The van der Waals surface area contributed by atoms with Crippen LogP contribution in [0, 0.1) is 0 Å². The number of hydrogen-bond acceptors (Lipinski definition) is 3. The van der Waals surface area contributed by atoms with Gasteiger partial charge in [0.15, 0.2) is 5.58 Å². The summed E-state index contributed by atoms with van der Waals surface area (Å²) >= 11 is 3.21. The molecule has 4 nitrogen and oxygen atoms in total. The van der Waals surface area contributed by atoms with Crippen LogP contribution in [0.15, 0.2) is 22.6 Å². The minimum absolute atomic E-state index is 0.203. The van der Waals surface area contributed by atoms with E-state index in [1.165, 1.54) is 12.1 Å². The summed E-state index contributed by atoms with van der Waals surface area (Å²) in [5.74, 6) is -0.425. The molecule has 2 rings (SSSR count). The molecule has 0 fully saturated rings. The van der Waals surface area contributed by atoms with Crippen molar-refractivity contribution in [3.8, 4) is 0 Å². The van der Waals surface area contributed by atoms with Crippen molar-refractivity contribution in [2.45, 2.75) is 5.33 Å². The number of aromatic nitrogens is 1. The monoisotopic (exact) mass is 255 g/mol. The summed E-state index contributed by atoms with van der Waals surface area (Å²) in [5.41, 5.74) is 1.37. The Morgan fingerprint density at radius 2 is 2.36 bits per heavy atom. The Kier molecular flexibility index (Phi) is 2.25. The summed E-state index contributed by atoms with van der Waals surface area (Å²) < 4.78 is 5.29. The van der Waals surface area contributed by atoms with Gasteiger partial charge in [-0.05, 0) is 18.2 Å². The number of oxazole rings is 1. The maximum Gasteiger partial charge on any atom is 0.335 e. The molecule has 1 aromatic carbocycles. The van der Waals surface area contributed by atoms with E-state index in [0.717, 1.165) is 0 Å². The molecule has 5 heteroatoms. The zero-order valence-corrected chi connectivity index (χ0v) is 8.61. The molecule has 0 unspecified atom stereocenters. The van der Waals surface area contributed by atoms with Crippen molar-refractivity contribution < 1.29 is 14.3 Å². The van der Waals surface area contributed by atoms with E-state index in [1.807, 2.05) is 0 Å². The summed E-state index contributed by atoms with van der Waals surface area (Å²) in [7, 11) is 0. The van der Waals surface area contributed by atoms with E-state index in [1.54, 1.807) is 6.07 Å². The van der Waals surface area contributed by atoms with Crippen LogP contribution in [0.4, 0.5) is 0 Å². The highest BCUT2D eigenvalue weighted by atomic mass is 79.9. The van der Waals surface area contributed by atoms with Gasteiger partial charge in [-0.1, -0.05) is 15.9 Å². The summed E-state index contributed by atoms with van der Waals surface area (Å²) in [6, 6.07) is 4.61. The van der Waals surface area contributed by atoms with E-state index >= 15 is 0 Å². The maximum absolute atomic E-state index is 10.6. The number of carbonyl (C=O) groups is 1. The first kappa shape index (κ1) is 9.21. The Morgan fingerprint density at radius 3 is 3.00 bits per heavy atom. The Morgan fingerprint density at radius 1 is 1.57 bits per heavy atom. The largest absolute Gasteiger partial charge is 0.478 e. The highest BCUT2D eigenvalue weighted by Gasteiger charge is 2.08. The number of alkyl halides is 1. The van der Waals surface area contributed by atoms with Gasteiger partial charge >= 0.3 is 5.97 Å². The van der Waals surface area contributed by atoms with Gasteiger partial charge in [-0.15, -0.1) is 0 Å². The van der Waals surface area contributed by atoms with Crippen LogP contribution in [0.25, 0.3) is 11.1 Å². The van der Waals surface area contributed by atoms with Gasteiger partial charge in [-0.25, -0.2) is 9.78 Å². The Bertz CT molecular complexity index is 492. The lowest BCUT2D eigenvalue weighted by Crippen LogP contribution is -1.94. The van der Waals surface area contributed by atoms with Crippen LogP contribution < -0.4 is 0 Å². The molecule has 0 spiro atoms. The van der Waals surface area contributed by atoms with Crippen LogP contribution in [-0.2, 0) is 5.33 Å². The number of rotatable bonds is 2. The Balaban J connectivity index is 2.59. The average Bonchev–Trinajstić information content (AvgIpc) is 2.58. The van der Waals surface area contributed by atoms with Gasteiger partial charge in [0.05, 0.1) is 10.9 Å². The Hall–Kier alpha value is -1.36. The zero-order valence-electron chi connectivity index (χ0n) is 7.03. The minimum atomic E-state index is -0.969. The number of carboxylic acid groups (broad SMARTS) is 1. The fraction of sp³-hybridized carbons (Fsp3) is 0.111. The predicted octanol–water partition coefficient (Wildman–Crippen LogP) is 2.42. The van der Waals surface area contributed by atoms with Gasteiger partial charge in [-0.2, -0.15) is 0 Å². The van der Waals surface area contributed by atoms with E-state index in [2.05, 4.69) is 20.9 Å². The quantitative estimate of drug-likeness (QED) is 0.838.